The first-order chi connectivity index (χ1) is 28.4. The van der Waals surface area contributed by atoms with Gasteiger partial charge < -0.3 is 39.9 Å². The molecule has 20 heteroatoms. The second-order valence-corrected chi connectivity index (χ2v) is 19.3. The van der Waals surface area contributed by atoms with Gasteiger partial charge in [-0.2, -0.15) is 9.29 Å². The average Bonchev–Trinajstić information content (AvgIpc) is 3.46. The summed E-state index contributed by atoms with van der Waals surface area (Å²) in [6.45, 7) is 6.63. The molecule has 1 fully saturated rings. The van der Waals surface area contributed by atoms with E-state index in [1.807, 2.05) is 0 Å². The molecule has 1 saturated heterocycles. The molecule has 0 bridgehead atoms. The normalized spacial score (nSPS) is 21.0. The summed E-state index contributed by atoms with van der Waals surface area (Å²) in [6, 6.07) is 1.25. The van der Waals surface area contributed by atoms with Crippen LogP contribution in [-0.4, -0.2) is 85.7 Å². The summed E-state index contributed by atoms with van der Waals surface area (Å²) in [4.78, 5) is 61.5. The zero-order chi connectivity index (χ0) is 44.6. The number of anilines is 1. The molecule has 0 aliphatic carbocycles. The van der Waals surface area contributed by atoms with Crippen LogP contribution in [0, 0.1) is 11.8 Å². The first-order valence-electron chi connectivity index (χ1n) is 21.8. The van der Waals surface area contributed by atoms with E-state index in [0.29, 0.717) is 12.8 Å². The molecule has 0 aromatic carbocycles. The number of nitrogens with zero attached hydrogens (tertiary/aromatic N) is 2. The number of aliphatic hydroxyl groups is 2. The number of nitrogens with two attached hydrogens (primary N) is 1. The van der Waals surface area contributed by atoms with Crippen molar-refractivity contribution in [2.45, 2.75) is 187 Å². The Hall–Kier alpha value is -2.24. The van der Waals surface area contributed by atoms with Crippen LogP contribution in [0.1, 0.15) is 162 Å². The van der Waals surface area contributed by atoms with Crippen LogP contribution in [0.4, 0.5) is 5.82 Å². The number of nitrogen functional groups attached to an aromatic ring is 1. The number of aromatic nitrogens is 2. The molecule has 60 heavy (non-hydrogen) atoms. The number of aliphatic hydroxyl groups excluding tert-OH is 2. The number of carbonyl (C=O) groups excluding carboxylic acids is 2. The van der Waals surface area contributed by atoms with E-state index in [9.17, 15) is 43.5 Å². The third-order valence-electron chi connectivity index (χ3n) is 10.4. The predicted octanol–water partition coefficient (Wildman–Crippen LogP) is 7.26. The molecule has 348 valence electrons. The SMILES string of the molecule is CCC(C)CCCCCCCCC(=O)OC[C@H](COP(=O)(O)OP(=O)(O)OC[C@H]1O[C@@H](n2ccc(N)nc2=O)C(O)[C@H]1O)OC(=O)CCCCCCCCCCCC(C)C. The van der Waals surface area contributed by atoms with Gasteiger partial charge in [-0.15, -0.1) is 0 Å². The Labute approximate surface area is 355 Å². The zero-order valence-electron chi connectivity index (χ0n) is 36.1. The van der Waals surface area contributed by atoms with Crippen molar-refractivity contribution in [3.05, 3.63) is 22.7 Å². The number of ether oxygens (including phenoxy) is 3. The lowest BCUT2D eigenvalue weighted by Gasteiger charge is -2.21. The summed E-state index contributed by atoms with van der Waals surface area (Å²) in [6.07, 6.45) is 12.5. The van der Waals surface area contributed by atoms with Gasteiger partial charge in [0.25, 0.3) is 0 Å². The molecule has 18 nitrogen and oxygen atoms in total. The molecule has 0 saturated carbocycles. The molecule has 1 aromatic heterocycles. The minimum atomic E-state index is -5.41. The quantitative estimate of drug-likeness (QED) is 0.0259. The minimum absolute atomic E-state index is 0.0537. The van der Waals surface area contributed by atoms with Crippen LogP contribution >= 0.6 is 15.6 Å². The number of hydrogen-bond acceptors (Lipinski definition) is 15. The first-order valence-corrected chi connectivity index (χ1v) is 24.8. The second-order valence-electron chi connectivity index (χ2n) is 16.3. The third kappa shape index (κ3) is 23.3. The largest absolute Gasteiger partial charge is 0.481 e. The Morgan fingerprint density at radius 2 is 1.33 bits per heavy atom. The van der Waals surface area contributed by atoms with Gasteiger partial charge in [0.05, 0.1) is 13.2 Å². The smallest absolute Gasteiger partial charge is 0.462 e. The molecule has 6 N–H and O–H groups in total. The maximum absolute atomic E-state index is 12.8. The van der Waals surface area contributed by atoms with E-state index < -0.39 is 83.7 Å². The molecule has 1 aliphatic rings. The van der Waals surface area contributed by atoms with Crippen LogP contribution in [0.25, 0.3) is 0 Å². The average molecular weight is 898 g/mol. The van der Waals surface area contributed by atoms with Gasteiger partial charge in [-0.25, -0.2) is 13.9 Å². The van der Waals surface area contributed by atoms with E-state index >= 15 is 0 Å². The number of rotatable bonds is 34. The number of phosphoric acid groups is 2. The van der Waals surface area contributed by atoms with Crippen LogP contribution in [0.15, 0.2) is 17.1 Å². The Kier molecular flexibility index (Phi) is 26.2. The topological polar surface area (TPSA) is 265 Å². The molecule has 8 atom stereocenters. The van der Waals surface area contributed by atoms with E-state index in [1.165, 1.54) is 57.4 Å². The van der Waals surface area contributed by atoms with Crippen molar-refractivity contribution < 1.29 is 66.3 Å². The van der Waals surface area contributed by atoms with Crippen molar-refractivity contribution in [1.29, 1.82) is 0 Å². The zero-order valence-corrected chi connectivity index (χ0v) is 37.9. The molecule has 1 aliphatic heterocycles. The molecule has 4 unspecified atom stereocenters. The van der Waals surface area contributed by atoms with Crippen LogP contribution in [0.3, 0.4) is 0 Å². The van der Waals surface area contributed by atoms with E-state index in [-0.39, 0.29) is 18.7 Å². The lowest BCUT2D eigenvalue weighted by molar-refractivity contribution is -0.161. The molecule has 0 amide bonds. The maximum Gasteiger partial charge on any atom is 0.481 e. The molecular formula is C40H73N3O15P2. The van der Waals surface area contributed by atoms with Crippen LogP contribution in [0.5, 0.6) is 0 Å². The number of unbranched alkanes of at least 4 members (excludes halogenated alkanes) is 13. The van der Waals surface area contributed by atoms with E-state index in [1.54, 1.807) is 0 Å². The number of hydrogen-bond donors (Lipinski definition) is 5. The number of carbonyl (C=O) groups is 2. The molecule has 0 spiro atoms. The van der Waals surface area contributed by atoms with Crippen molar-refractivity contribution in [2.24, 2.45) is 11.8 Å². The van der Waals surface area contributed by atoms with Gasteiger partial charge in [0.2, 0.25) is 0 Å². The molecule has 1 aromatic rings. The van der Waals surface area contributed by atoms with Crippen molar-refractivity contribution in [1.82, 2.24) is 9.55 Å². The van der Waals surface area contributed by atoms with Crippen LogP contribution < -0.4 is 11.4 Å². The number of esters is 2. The highest BCUT2D eigenvalue weighted by Gasteiger charge is 2.46. The van der Waals surface area contributed by atoms with Crippen LogP contribution in [0.2, 0.25) is 0 Å². The fourth-order valence-corrected chi connectivity index (χ4v) is 8.70. The Balaban J connectivity index is 1.86. The Bertz CT molecular complexity index is 1530. The summed E-state index contributed by atoms with van der Waals surface area (Å²) in [5.41, 5.74) is 4.57. The number of phosphoric ester groups is 2. The standard InChI is InChI=1S/C40H73N3O15P2/c1-5-31(4)22-18-14-11-12-15-19-23-35(44)53-27-32(56-36(45)24-20-16-10-8-6-7-9-13-17-21-30(2)3)28-54-59(49,50)58-60(51,52)55-29-33-37(46)38(47)39(57-33)43-26-25-34(41)42-40(43)48/h25-26,30-33,37-39,46-47H,5-24,27-29H2,1-4H3,(H,49,50)(H,51,52)(H2,41,42,48)/t31?,32-,33-,37+,38?,39-/m1/s1. The fraction of sp³-hybridized carbons (Fsp3) is 0.850. The molecular weight excluding hydrogens is 824 g/mol. The van der Waals surface area contributed by atoms with Crippen molar-refractivity contribution in [3.63, 3.8) is 0 Å². The monoisotopic (exact) mass is 897 g/mol. The summed E-state index contributed by atoms with van der Waals surface area (Å²) in [7, 11) is -10.8. The van der Waals surface area contributed by atoms with Crippen molar-refractivity contribution in [3.8, 4) is 0 Å². The highest BCUT2D eigenvalue weighted by Crippen LogP contribution is 2.60. The van der Waals surface area contributed by atoms with Gasteiger partial charge in [0.1, 0.15) is 30.7 Å². The first kappa shape index (κ1) is 53.9. The summed E-state index contributed by atoms with van der Waals surface area (Å²) in [5, 5.41) is 20.8. The summed E-state index contributed by atoms with van der Waals surface area (Å²) >= 11 is 0. The van der Waals surface area contributed by atoms with Crippen molar-refractivity contribution in [2.75, 3.05) is 25.6 Å². The maximum atomic E-state index is 12.8. The molecule has 2 rings (SSSR count). The predicted molar refractivity (Wildman–Crippen MR) is 224 cm³/mol. The third-order valence-corrected chi connectivity index (χ3v) is 13.0. The van der Waals surface area contributed by atoms with Gasteiger partial charge in [-0.1, -0.05) is 130 Å². The molecule has 2 heterocycles. The van der Waals surface area contributed by atoms with E-state index in [0.717, 1.165) is 74.0 Å². The van der Waals surface area contributed by atoms with E-state index in [4.69, 9.17) is 29.0 Å². The highest BCUT2D eigenvalue weighted by molar-refractivity contribution is 7.61. The van der Waals surface area contributed by atoms with Gasteiger partial charge in [-0.3, -0.25) is 23.2 Å². The minimum Gasteiger partial charge on any atom is -0.462 e. The fourth-order valence-electron chi connectivity index (χ4n) is 6.59. The second kappa shape index (κ2) is 29.2. The van der Waals surface area contributed by atoms with Crippen molar-refractivity contribution >= 4 is 33.4 Å². The van der Waals surface area contributed by atoms with Gasteiger partial charge >= 0.3 is 33.3 Å². The lowest BCUT2D eigenvalue weighted by atomic mass is 10.00. The summed E-state index contributed by atoms with van der Waals surface area (Å²) in [5.74, 6) is 0.165. The van der Waals surface area contributed by atoms with Crippen LogP contribution in [-0.2, 0) is 46.3 Å². The van der Waals surface area contributed by atoms with Gasteiger partial charge in [-0.05, 0) is 30.7 Å². The molecule has 0 radical (unpaired) electrons. The van der Waals surface area contributed by atoms with Gasteiger partial charge in [0.15, 0.2) is 12.3 Å². The Morgan fingerprint density at radius 3 is 1.90 bits per heavy atom. The summed E-state index contributed by atoms with van der Waals surface area (Å²) < 4.78 is 56.5. The van der Waals surface area contributed by atoms with Gasteiger partial charge in [0, 0.05) is 19.0 Å². The Morgan fingerprint density at radius 1 is 0.800 bits per heavy atom. The highest BCUT2D eigenvalue weighted by atomic mass is 31.3. The lowest BCUT2D eigenvalue weighted by Crippen LogP contribution is -2.36. The van der Waals surface area contributed by atoms with E-state index in [2.05, 4.69) is 37.0 Å².